The van der Waals surface area contributed by atoms with E-state index in [1.54, 1.807) is 12.1 Å². The van der Waals surface area contributed by atoms with Gasteiger partial charge in [-0.1, -0.05) is 38.5 Å². The Labute approximate surface area is 146 Å². The molecule has 0 saturated carbocycles. The Morgan fingerprint density at radius 2 is 1.78 bits per heavy atom. The molecule has 4 nitrogen and oxygen atoms in total. The fourth-order valence-corrected chi connectivity index (χ4v) is 3.64. The first-order valence-corrected chi connectivity index (χ1v) is 12.0. The van der Waals surface area contributed by atoms with Crippen LogP contribution in [0.4, 0.5) is 0 Å². The number of benzene rings is 1. The lowest BCUT2D eigenvalue weighted by molar-refractivity contribution is 0.176. The third-order valence-electron chi connectivity index (χ3n) is 4.20. The average molecular weight is 362 g/mol. The van der Waals surface area contributed by atoms with E-state index < -0.39 is 31.4 Å². The summed E-state index contributed by atoms with van der Waals surface area (Å²) in [6.07, 6.45) is -1.47. The predicted octanol–water partition coefficient (Wildman–Crippen LogP) is 4.50. The monoisotopic (exact) mass is 361 g/mol. The van der Waals surface area contributed by atoms with Gasteiger partial charge in [-0.15, -0.1) is 0 Å². The van der Waals surface area contributed by atoms with Crippen molar-refractivity contribution in [1.29, 1.82) is 0 Å². The molecule has 1 unspecified atom stereocenters. The van der Waals surface area contributed by atoms with E-state index in [-0.39, 0.29) is 23.0 Å². The zero-order valence-electron chi connectivity index (χ0n) is 17.8. The molecule has 132 valence electrons. The van der Waals surface area contributed by atoms with Crippen molar-refractivity contribution in [3.63, 3.8) is 0 Å². The second-order valence-electron chi connectivity index (χ2n) is 7.25. The van der Waals surface area contributed by atoms with Crippen LogP contribution in [-0.2, 0) is 18.7 Å². The molecule has 0 amide bonds. The van der Waals surface area contributed by atoms with Crippen molar-refractivity contribution in [2.24, 2.45) is 0 Å². The quantitative estimate of drug-likeness (QED) is 0.530. The smallest absolute Gasteiger partial charge is 0.297 e. The number of hydrogen-bond acceptors (Lipinski definition) is 4. The SMILES string of the molecule is [2H]C([2H])([2H])C(CCO[Si](C)(C)C(C)(C)C)OS(=O)(=O)c1ccc(C)cc1. The molecule has 23 heavy (non-hydrogen) atoms. The predicted molar refractivity (Wildman–Crippen MR) is 96.7 cm³/mol. The van der Waals surface area contributed by atoms with E-state index in [1.807, 2.05) is 6.92 Å². The summed E-state index contributed by atoms with van der Waals surface area (Å²) in [6, 6.07) is 6.10. The third-order valence-corrected chi connectivity index (χ3v) is 10.1. The summed E-state index contributed by atoms with van der Waals surface area (Å²) < 4.78 is 58.7. The van der Waals surface area contributed by atoms with Crippen LogP contribution < -0.4 is 0 Å². The summed E-state index contributed by atoms with van der Waals surface area (Å²) in [7, 11) is -6.21. The second-order valence-corrected chi connectivity index (χ2v) is 13.6. The van der Waals surface area contributed by atoms with Gasteiger partial charge in [0.25, 0.3) is 10.1 Å². The highest BCUT2D eigenvalue weighted by Crippen LogP contribution is 2.36. The minimum Gasteiger partial charge on any atom is -0.417 e. The van der Waals surface area contributed by atoms with Crippen LogP contribution in [0.15, 0.2) is 29.2 Å². The minimum absolute atomic E-state index is 0.0166. The number of aryl methyl sites for hydroxylation is 1. The topological polar surface area (TPSA) is 52.6 Å². The van der Waals surface area contributed by atoms with Crippen molar-refractivity contribution in [3.05, 3.63) is 29.8 Å². The van der Waals surface area contributed by atoms with E-state index in [0.29, 0.717) is 0 Å². The lowest BCUT2D eigenvalue weighted by atomic mass is 10.2. The van der Waals surface area contributed by atoms with Crippen molar-refractivity contribution in [3.8, 4) is 0 Å². The van der Waals surface area contributed by atoms with Gasteiger partial charge >= 0.3 is 0 Å². The second kappa shape index (κ2) is 7.47. The molecule has 0 saturated heterocycles. The van der Waals surface area contributed by atoms with Gasteiger partial charge in [0.15, 0.2) is 8.32 Å². The molecule has 0 fully saturated rings. The Morgan fingerprint density at radius 1 is 1.22 bits per heavy atom. The first-order chi connectivity index (χ1) is 11.6. The largest absolute Gasteiger partial charge is 0.417 e. The molecule has 1 rings (SSSR count). The van der Waals surface area contributed by atoms with Gasteiger partial charge < -0.3 is 4.43 Å². The molecule has 0 heterocycles. The van der Waals surface area contributed by atoms with Crippen LogP contribution in [0.25, 0.3) is 0 Å². The van der Waals surface area contributed by atoms with Crippen molar-refractivity contribution < 1.29 is 21.1 Å². The van der Waals surface area contributed by atoms with Crippen molar-refractivity contribution in [2.75, 3.05) is 6.61 Å². The van der Waals surface area contributed by atoms with Gasteiger partial charge in [-0.25, -0.2) is 0 Å². The molecule has 0 bridgehead atoms. The molecular weight excluding hydrogens is 328 g/mol. The molecule has 1 aromatic carbocycles. The van der Waals surface area contributed by atoms with Crippen molar-refractivity contribution >= 4 is 18.4 Å². The van der Waals surface area contributed by atoms with Crippen LogP contribution in [0.1, 0.15) is 43.7 Å². The number of rotatable bonds is 7. The molecule has 0 spiro atoms. The Morgan fingerprint density at radius 3 is 2.26 bits per heavy atom. The molecule has 0 N–H and O–H groups in total. The van der Waals surface area contributed by atoms with Crippen LogP contribution in [0.5, 0.6) is 0 Å². The normalized spacial score (nSPS) is 17.2. The molecule has 0 radical (unpaired) electrons. The van der Waals surface area contributed by atoms with Crippen LogP contribution >= 0.6 is 0 Å². The lowest BCUT2D eigenvalue weighted by Gasteiger charge is -2.36. The van der Waals surface area contributed by atoms with Gasteiger partial charge in [0.05, 0.1) is 11.0 Å². The summed E-state index contributed by atoms with van der Waals surface area (Å²) in [5.41, 5.74) is 0.902. The first-order valence-electron chi connectivity index (χ1n) is 9.20. The molecule has 1 atom stereocenters. The van der Waals surface area contributed by atoms with Gasteiger partial charge in [0.1, 0.15) is 0 Å². The maximum absolute atomic E-state index is 12.4. The first kappa shape index (κ1) is 15.8. The van der Waals surface area contributed by atoms with Gasteiger partial charge in [-0.2, -0.15) is 8.42 Å². The van der Waals surface area contributed by atoms with Crippen LogP contribution in [0.3, 0.4) is 0 Å². The van der Waals surface area contributed by atoms with Crippen molar-refractivity contribution in [2.45, 2.75) is 70.1 Å². The fraction of sp³-hybridized carbons (Fsp3) is 0.647. The maximum atomic E-state index is 12.4. The molecule has 6 heteroatoms. The van der Waals surface area contributed by atoms with Gasteiger partial charge in [-0.3, -0.25) is 4.18 Å². The van der Waals surface area contributed by atoms with Gasteiger partial charge in [0.2, 0.25) is 0 Å². The molecular formula is C17H30O4SSi. The van der Waals surface area contributed by atoms with Crippen LogP contribution in [0.2, 0.25) is 18.1 Å². The zero-order chi connectivity index (χ0) is 20.4. The standard InChI is InChI=1S/C17H30O4SSi/c1-14-8-10-16(11-9-14)22(18,19)21-15(2)12-13-20-23(6,7)17(3,4)5/h8-11,15H,12-13H2,1-7H3/i2D3. The van der Waals surface area contributed by atoms with E-state index >= 15 is 0 Å². The Hall–Kier alpha value is -0.693. The van der Waals surface area contributed by atoms with Crippen LogP contribution in [-0.4, -0.2) is 29.4 Å². The summed E-state index contributed by atoms with van der Waals surface area (Å²) in [6.45, 7) is 9.77. The summed E-state index contributed by atoms with van der Waals surface area (Å²) >= 11 is 0. The fourth-order valence-electron chi connectivity index (χ4n) is 1.60. The Kier molecular flexibility index (Phi) is 5.13. The van der Waals surface area contributed by atoms with E-state index in [9.17, 15) is 8.42 Å². The van der Waals surface area contributed by atoms with E-state index in [4.69, 9.17) is 12.7 Å². The lowest BCUT2D eigenvalue weighted by Crippen LogP contribution is -2.41. The summed E-state index contributed by atoms with van der Waals surface area (Å²) in [4.78, 5) is -0.0531. The zero-order valence-corrected chi connectivity index (χ0v) is 16.7. The average Bonchev–Trinajstić information content (AvgIpc) is 2.44. The minimum atomic E-state index is -4.16. The molecule has 0 aliphatic heterocycles. The highest BCUT2D eigenvalue weighted by Gasteiger charge is 2.37. The summed E-state index contributed by atoms with van der Waals surface area (Å²) in [5, 5.41) is -0.0166. The van der Waals surface area contributed by atoms with Crippen LogP contribution in [0, 0.1) is 6.92 Å². The highest BCUT2D eigenvalue weighted by atomic mass is 32.2. The van der Waals surface area contributed by atoms with Crippen molar-refractivity contribution in [1.82, 2.24) is 0 Å². The van der Waals surface area contributed by atoms with E-state index in [1.165, 1.54) is 12.1 Å². The third kappa shape index (κ3) is 6.03. The highest BCUT2D eigenvalue weighted by molar-refractivity contribution is 7.86. The van der Waals surface area contributed by atoms with E-state index in [2.05, 4.69) is 33.9 Å². The maximum Gasteiger partial charge on any atom is 0.297 e. The van der Waals surface area contributed by atoms with Gasteiger partial charge in [-0.05, 0) is 50.5 Å². The van der Waals surface area contributed by atoms with Gasteiger partial charge in [0, 0.05) is 10.7 Å². The molecule has 0 aliphatic carbocycles. The Bertz CT molecular complexity index is 692. The number of hydrogen-bond donors (Lipinski definition) is 0. The molecule has 0 aliphatic rings. The molecule has 0 aromatic heterocycles. The Balaban J connectivity index is 2.87. The molecule has 1 aromatic rings. The van der Waals surface area contributed by atoms with E-state index in [0.717, 1.165) is 5.56 Å². The summed E-state index contributed by atoms with van der Waals surface area (Å²) in [5.74, 6) is 0.